The van der Waals surface area contributed by atoms with Crippen molar-refractivity contribution >= 4 is 58.4 Å². The number of nitrogens with one attached hydrogen (secondary N) is 5. The molecule has 0 radical (unpaired) electrons. The number of hydrogen-bond acceptors (Lipinski definition) is 15. The van der Waals surface area contributed by atoms with Crippen LogP contribution in [0.15, 0.2) is 42.6 Å². The number of hydrogen-bond donors (Lipinski definition) is 6. The molecule has 348 valence electrons. The van der Waals surface area contributed by atoms with Crippen molar-refractivity contribution in [1.29, 1.82) is 0 Å². The van der Waals surface area contributed by atoms with Gasteiger partial charge in [0.05, 0.1) is 44.8 Å². The average Bonchev–Trinajstić information content (AvgIpc) is 3.96. The van der Waals surface area contributed by atoms with E-state index in [1.54, 1.807) is 43.6 Å². The van der Waals surface area contributed by atoms with Gasteiger partial charge in [0.15, 0.2) is 5.82 Å². The van der Waals surface area contributed by atoms with Crippen molar-refractivity contribution in [1.82, 2.24) is 35.7 Å². The van der Waals surface area contributed by atoms with Crippen LogP contribution in [-0.2, 0) is 25.7 Å². The molecule has 6 N–H and O–H groups in total. The number of rotatable bonds is 17. The number of likely N-dealkylation sites (tertiary alicyclic amines) is 1. The fraction of sp³-hybridized carbons (Fsp3) is 0.543. The van der Waals surface area contributed by atoms with E-state index in [1.807, 2.05) is 18.0 Å². The van der Waals surface area contributed by atoms with Gasteiger partial charge in [-0.2, -0.15) is 4.98 Å². The third-order valence-electron chi connectivity index (χ3n) is 13.4. The van der Waals surface area contributed by atoms with Gasteiger partial charge in [-0.3, -0.25) is 29.3 Å². The maximum Gasteiger partial charge on any atom is 0.255 e. The number of carbonyl (C=O) groups is 5. The smallest absolute Gasteiger partial charge is 0.255 e. The highest BCUT2D eigenvalue weighted by atomic mass is 16.5. The number of aromatic nitrogens is 2. The lowest BCUT2D eigenvalue weighted by Gasteiger charge is -2.48. The first-order chi connectivity index (χ1) is 31.5. The second kappa shape index (κ2) is 20.5. The molecule has 65 heavy (non-hydrogen) atoms. The van der Waals surface area contributed by atoms with Crippen LogP contribution < -0.4 is 41.1 Å². The number of fused-ring (bicyclic) bond motifs is 2. The zero-order valence-corrected chi connectivity index (χ0v) is 37.4. The molecule has 1 aromatic heterocycles. The largest absolute Gasteiger partial charge is 0.495 e. The highest BCUT2D eigenvalue weighted by Crippen LogP contribution is 2.42. The Hall–Kier alpha value is -5.89. The van der Waals surface area contributed by atoms with Gasteiger partial charge in [0, 0.05) is 80.7 Å². The van der Waals surface area contributed by atoms with Crippen LogP contribution >= 0.6 is 0 Å². The monoisotopic (exact) mass is 895 g/mol. The minimum Gasteiger partial charge on any atom is -0.495 e. The summed E-state index contributed by atoms with van der Waals surface area (Å²) in [4.78, 5) is 80.8. The number of likely N-dealkylation sites (N-methyl/N-ethyl adjacent to an activating group) is 1. The number of anilines is 5. The van der Waals surface area contributed by atoms with Gasteiger partial charge in [-0.1, -0.05) is 25.8 Å². The molecule has 2 saturated heterocycles. The Morgan fingerprint density at radius 1 is 1.00 bits per heavy atom. The first kappa shape index (κ1) is 45.7. The number of aliphatic hydroxyl groups is 1. The molecular weight excluding hydrogens is 835 g/mol. The van der Waals surface area contributed by atoms with E-state index in [1.165, 1.54) is 17.7 Å². The zero-order chi connectivity index (χ0) is 45.6. The summed E-state index contributed by atoms with van der Waals surface area (Å²) in [7, 11) is 3.45. The van der Waals surface area contributed by atoms with Crippen LogP contribution in [0.3, 0.4) is 0 Å². The fourth-order valence-electron chi connectivity index (χ4n) is 9.77. The van der Waals surface area contributed by atoms with Gasteiger partial charge >= 0.3 is 0 Å². The fourth-order valence-corrected chi connectivity index (χ4v) is 9.77. The van der Waals surface area contributed by atoms with Gasteiger partial charge in [-0.25, -0.2) is 4.98 Å². The summed E-state index contributed by atoms with van der Waals surface area (Å²) in [5, 5.41) is 25.9. The molecule has 0 spiro atoms. The van der Waals surface area contributed by atoms with E-state index in [0.717, 1.165) is 63.2 Å². The molecule has 4 aliphatic heterocycles. The zero-order valence-electron chi connectivity index (χ0n) is 37.4. The number of methoxy groups -OCH3 is 1. The molecule has 3 atom stereocenters. The average molecular weight is 896 g/mol. The molecule has 3 aromatic rings. The molecule has 5 aliphatic rings. The van der Waals surface area contributed by atoms with Gasteiger partial charge in [0.1, 0.15) is 23.7 Å². The number of carbonyl (C=O) groups excluding carboxylic acids is 5. The number of benzene rings is 2. The molecule has 2 aromatic carbocycles. The Kier molecular flexibility index (Phi) is 14.4. The standard InChI is InChI=1S/C46H61N11O8/c1-4-35-45(63)54(2)37-25-48-46(53-41(37)57(35)30-8-5-6-9-30)51-34-13-12-28(24-38(34)64-3)42(60)49-29-16-19-55(20-17-29)21-23-65-22-18-47-26-40(59)50-33-11-7-10-31-32(33)27-56(44(31)62)36-14-15-39(58)52-43(36)61/h7,10-13,24-25,29-30,35-36,45,47,63H,4-6,8-9,14-23,26-27H2,1-3H3,(H,49,60)(H,50,59)(H,48,51,53)(H,52,58,61)/t35-,36?,45?/m1/s1. The van der Waals surface area contributed by atoms with Crippen LogP contribution in [0.2, 0.25) is 0 Å². The van der Waals surface area contributed by atoms with E-state index in [0.29, 0.717) is 65.6 Å². The number of piperidine rings is 2. The third kappa shape index (κ3) is 10.2. The summed E-state index contributed by atoms with van der Waals surface area (Å²) in [6, 6.07) is 9.97. The van der Waals surface area contributed by atoms with Gasteiger partial charge in [0.25, 0.3) is 11.8 Å². The summed E-state index contributed by atoms with van der Waals surface area (Å²) in [6.07, 6.45) is 8.43. The van der Waals surface area contributed by atoms with Crippen LogP contribution in [0.4, 0.5) is 28.8 Å². The minimum absolute atomic E-state index is 0.0378. The highest BCUT2D eigenvalue weighted by molar-refractivity contribution is 6.07. The number of amides is 5. The minimum atomic E-state index is -0.727. The molecule has 3 fully saturated rings. The molecule has 0 bridgehead atoms. The van der Waals surface area contributed by atoms with Crippen LogP contribution in [0, 0.1) is 0 Å². The molecule has 2 unspecified atom stereocenters. The lowest BCUT2D eigenvalue weighted by Crippen LogP contribution is -2.58. The second-order valence-corrected chi connectivity index (χ2v) is 17.4. The number of ether oxygens (including phenoxy) is 2. The maximum atomic E-state index is 13.4. The summed E-state index contributed by atoms with van der Waals surface area (Å²) < 4.78 is 11.6. The van der Waals surface area contributed by atoms with Crippen molar-refractivity contribution in [3.63, 3.8) is 0 Å². The molecular formula is C46H61N11O8. The van der Waals surface area contributed by atoms with E-state index in [9.17, 15) is 29.1 Å². The van der Waals surface area contributed by atoms with Crippen LogP contribution in [-0.4, -0.2) is 145 Å². The molecule has 1 aliphatic carbocycles. The van der Waals surface area contributed by atoms with Crippen LogP contribution in [0.5, 0.6) is 5.75 Å². The molecule has 5 amide bonds. The van der Waals surface area contributed by atoms with E-state index >= 15 is 0 Å². The summed E-state index contributed by atoms with van der Waals surface area (Å²) in [6.45, 7) is 6.17. The van der Waals surface area contributed by atoms with Gasteiger partial charge in [-0.15, -0.1) is 0 Å². The SMILES string of the molecule is CC[C@@H]1C(O)N(C)c2cnc(Nc3ccc(C(=O)NC4CCN(CCOCCNCC(=O)Nc5cccc6c5CN(C5CCC(=O)NC5=O)C6=O)CC4)cc3OC)nc2N1C1CCCC1. The third-order valence-corrected chi connectivity index (χ3v) is 13.4. The molecule has 5 heterocycles. The lowest BCUT2D eigenvalue weighted by molar-refractivity contribution is -0.137. The van der Waals surface area contributed by atoms with Gasteiger partial charge in [0.2, 0.25) is 23.7 Å². The van der Waals surface area contributed by atoms with E-state index in [2.05, 4.69) is 48.3 Å². The normalized spacial score (nSPS) is 21.6. The Morgan fingerprint density at radius 3 is 2.55 bits per heavy atom. The summed E-state index contributed by atoms with van der Waals surface area (Å²) in [5.74, 6) is 0.168. The predicted octanol–water partition coefficient (Wildman–Crippen LogP) is 2.72. The predicted molar refractivity (Wildman–Crippen MR) is 243 cm³/mol. The van der Waals surface area contributed by atoms with Crippen molar-refractivity contribution in [2.45, 2.75) is 102 Å². The number of aliphatic hydroxyl groups excluding tert-OH is 1. The number of nitrogens with zero attached hydrogens (tertiary/aromatic N) is 6. The van der Waals surface area contributed by atoms with E-state index in [4.69, 9.17) is 14.5 Å². The van der Waals surface area contributed by atoms with E-state index in [-0.39, 0.29) is 61.6 Å². The number of imide groups is 1. The Morgan fingerprint density at radius 2 is 1.80 bits per heavy atom. The lowest BCUT2D eigenvalue weighted by atomic mass is 10.0. The Balaban J connectivity index is 0.733. The Labute approximate surface area is 379 Å². The molecule has 8 rings (SSSR count). The van der Waals surface area contributed by atoms with Crippen molar-refractivity contribution in [3.05, 3.63) is 59.3 Å². The first-order valence-electron chi connectivity index (χ1n) is 22.9. The topological polar surface area (TPSA) is 223 Å². The molecule has 19 heteroatoms. The van der Waals surface area contributed by atoms with Gasteiger partial charge in [-0.05, 0) is 68.9 Å². The second-order valence-electron chi connectivity index (χ2n) is 17.4. The van der Waals surface area contributed by atoms with E-state index < -0.39 is 18.2 Å². The summed E-state index contributed by atoms with van der Waals surface area (Å²) >= 11 is 0. The van der Waals surface area contributed by atoms with Crippen molar-refractivity contribution in [2.75, 3.05) is 80.5 Å². The van der Waals surface area contributed by atoms with Crippen molar-refractivity contribution in [2.24, 2.45) is 0 Å². The molecule has 19 nitrogen and oxygen atoms in total. The van der Waals surface area contributed by atoms with Crippen molar-refractivity contribution in [3.8, 4) is 5.75 Å². The summed E-state index contributed by atoms with van der Waals surface area (Å²) in [5.41, 5.74) is 3.53. The van der Waals surface area contributed by atoms with Crippen LogP contribution in [0.25, 0.3) is 0 Å². The molecule has 1 saturated carbocycles. The van der Waals surface area contributed by atoms with Crippen molar-refractivity contribution < 1.29 is 38.6 Å². The van der Waals surface area contributed by atoms with Gasteiger partial charge < -0.3 is 55.4 Å². The quantitative estimate of drug-likeness (QED) is 0.0847. The Bertz CT molecular complexity index is 2250. The first-order valence-corrected chi connectivity index (χ1v) is 22.9. The van der Waals surface area contributed by atoms with Crippen LogP contribution in [0.1, 0.15) is 91.0 Å². The highest BCUT2D eigenvalue weighted by Gasteiger charge is 2.42. The maximum absolute atomic E-state index is 13.4.